The number of nitrogens with one attached hydrogen (secondary N) is 1. The topological polar surface area (TPSA) is 49.4 Å². The Morgan fingerprint density at radius 2 is 1.96 bits per heavy atom. The lowest BCUT2D eigenvalue weighted by molar-refractivity contribution is -0.131. The van der Waals surface area contributed by atoms with Crippen LogP contribution in [0.1, 0.15) is 29.3 Å². The number of carbonyl (C=O) groups excluding carboxylic acids is 2. The van der Waals surface area contributed by atoms with Crippen LogP contribution in [0.15, 0.2) is 45.6 Å². The second-order valence-corrected chi connectivity index (χ2v) is 7.40. The molecule has 4 nitrogen and oxygen atoms in total. The molecular formula is C18H21BrN2O2S. The Hall–Kier alpha value is -1.66. The van der Waals surface area contributed by atoms with Crippen molar-refractivity contribution in [2.24, 2.45) is 0 Å². The van der Waals surface area contributed by atoms with Gasteiger partial charge in [-0.1, -0.05) is 15.9 Å². The second kappa shape index (κ2) is 8.99. The van der Waals surface area contributed by atoms with Crippen molar-refractivity contribution in [1.82, 2.24) is 10.2 Å². The summed E-state index contributed by atoms with van der Waals surface area (Å²) in [6.45, 7) is 2.37. The van der Waals surface area contributed by atoms with Crippen LogP contribution in [0.2, 0.25) is 0 Å². The molecule has 2 aromatic rings. The van der Waals surface area contributed by atoms with Crippen molar-refractivity contribution in [3.8, 4) is 0 Å². The molecular weight excluding hydrogens is 388 g/mol. The van der Waals surface area contributed by atoms with E-state index in [-0.39, 0.29) is 17.9 Å². The van der Waals surface area contributed by atoms with E-state index in [2.05, 4.69) is 32.7 Å². The van der Waals surface area contributed by atoms with Crippen molar-refractivity contribution in [3.05, 3.63) is 56.7 Å². The summed E-state index contributed by atoms with van der Waals surface area (Å²) in [5, 5.41) is 6.94. The Labute approximate surface area is 155 Å². The summed E-state index contributed by atoms with van der Waals surface area (Å²) >= 11 is 5.00. The van der Waals surface area contributed by atoms with Crippen molar-refractivity contribution in [2.45, 2.75) is 25.8 Å². The van der Waals surface area contributed by atoms with E-state index in [1.165, 1.54) is 5.56 Å². The van der Waals surface area contributed by atoms with Crippen LogP contribution in [-0.2, 0) is 11.2 Å². The number of carbonyl (C=O) groups is 2. The highest BCUT2D eigenvalue weighted by Gasteiger charge is 2.16. The van der Waals surface area contributed by atoms with Crippen LogP contribution in [0.5, 0.6) is 0 Å². The zero-order valence-electron chi connectivity index (χ0n) is 13.8. The Balaban J connectivity index is 1.75. The molecule has 2 rings (SSSR count). The SMILES string of the molecule is CC(Cc1ccsc1)N(C)C(=O)CCNC(=O)c1ccc(Br)cc1. The number of halogens is 1. The summed E-state index contributed by atoms with van der Waals surface area (Å²) in [5.41, 5.74) is 1.83. The van der Waals surface area contributed by atoms with Crippen molar-refractivity contribution in [2.75, 3.05) is 13.6 Å². The van der Waals surface area contributed by atoms with Gasteiger partial charge in [-0.05, 0) is 60.0 Å². The fourth-order valence-electron chi connectivity index (χ4n) is 2.30. The smallest absolute Gasteiger partial charge is 0.251 e. The number of likely N-dealkylation sites (N-methyl/N-ethyl adjacent to an activating group) is 1. The van der Waals surface area contributed by atoms with Gasteiger partial charge in [0.2, 0.25) is 5.91 Å². The molecule has 0 fully saturated rings. The summed E-state index contributed by atoms with van der Waals surface area (Å²) < 4.78 is 0.926. The average molecular weight is 409 g/mol. The summed E-state index contributed by atoms with van der Waals surface area (Å²) in [4.78, 5) is 26.0. The summed E-state index contributed by atoms with van der Waals surface area (Å²) in [5.74, 6) is -0.127. The number of nitrogens with zero attached hydrogens (tertiary/aromatic N) is 1. The predicted molar refractivity (Wildman–Crippen MR) is 101 cm³/mol. The Bertz CT molecular complexity index is 671. The molecule has 1 N–H and O–H groups in total. The first kappa shape index (κ1) is 18.7. The van der Waals surface area contributed by atoms with Gasteiger partial charge in [0, 0.05) is 36.1 Å². The zero-order chi connectivity index (χ0) is 17.5. The molecule has 0 spiro atoms. The lowest BCUT2D eigenvalue weighted by Crippen LogP contribution is -2.38. The van der Waals surface area contributed by atoms with Gasteiger partial charge in [-0.25, -0.2) is 0 Å². The van der Waals surface area contributed by atoms with Gasteiger partial charge < -0.3 is 10.2 Å². The van der Waals surface area contributed by atoms with Crippen LogP contribution in [-0.4, -0.2) is 36.3 Å². The molecule has 128 valence electrons. The molecule has 0 saturated heterocycles. The molecule has 0 bridgehead atoms. The van der Waals surface area contributed by atoms with E-state index in [1.807, 2.05) is 31.5 Å². The lowest BCUT2D eigenvalue weighted by atomic mass is 10.1. The van der Waals surface area contributed by atoms with E-state index in [0.717, 1.165) is 10.9 Å². The normalized spacial score (nSPS) is 11.8. The second-order valence-electron chi connectivity index (χ2n) is 5.70. The van der Waals surface area contributed by atoms with Crippen LogP contribution in [0, 0.1) is 0 Å². The summed E-state index contributed by atoms with van der Waals surface area (Å²) in [7, 11) is 1.82. The fourth-order valence-corrected chi connectivity index (χ4v) is 3.24. The number of hydrogen-bond acceptors (Lipinski definition) is 3. The number of amides is 2. The van der Waals surface area contributed by atoms with E-state index in [0.29, 0.717) is 18.5 Å². The standard InChI is InChI=1S/C18H21BrN2O2S/c1-13(11-14-8-10-24-12-14)21(2)17(22)7-9-20-18(23)15-3-5-16(19)6-4-15/h3-6,8,10,12-13H,7,9,11H2,1-2H3,(H,20,23). The minimum atomic E-state index is -0.163. The van der Waals surface area contributed by atoms with Gasteiger partial charge in [0.05, 0.1) is 0 Å². The van der Waals surface area contributed by atoms with E-state index in [9.17, 15) is 9.59 Å². The van der Waals surface area contributed by atoms with E-state index in [1.54, 1.807) is 28.4 Å². The van der Waals surface area contributed by atoms with Crippen molar-refractivity contribution in [1.29, 1.82) is 0 Å². The van der Waals surface area contributed by atoms with E-state index in [4.69, 9.17) is 0 Å². The molecule has 0 radical (unpaired) electrons. The number of hydrogen-bond donors (Lipinski definition) is 1. The van der Waals surface area contributed by atoms with Crippen molar-refractivity contribution >= 4 is 39.1 Å². The van der Waals surface area contributed by atoms with Gasteiger partial charge in [0.15, 0.2) is 0 Å². The maximum atomic E-state index is 12.2. The van der Waals surface area contributed by atoms with Gasteiger partial charge in [-0.15, -0.1) is 0 Å². The third kappa shape index (κ3) is 5.46. The minimum Gasteiger partial charge on any atom is -0.352 e. The number of rotatable bonds is 7. The van der Waals surface area contributed by atoms with E-state index < -0.39 is 0 Å². The molecule has 2 amide bonds. The zero-order valence-corrected chi connectivity index (χ0v) is 16.2. The third-order valence-corrected chi connectivity index (χ3v) is 5.16. The molecule has 1 aromatic carbocycles. The van der Waals surface area contributed by atoms with Gasteiger partial charge in [-0.3, -0.25) is 9.59 Å². The van der Waals surface area contributed by atoms with Crippen LogP contribution in [0.25, 0.3) is 0 Å². The maximum Gasteiger partial charge on any atom is 0.251 e. The number of benzene rings is 1. The molecule has 1 heterocycles. The van der Waals surface area contributed by atoms with Crippen LogP contribution >= 0.6 is 27.3 Å². The van der Waals surface area contributed by atoms with Gasteiger partial charge in [0.25, 0.3) is 5.91 Å². The lowest BCUT2D eigenvalue weighted by Gasteiger charge is -2.25. The predicted octanol–water partition coefficient (Wildman–Crippen LogP) is 3.72. The first-order valence-electron chi connectivity index (χ1n) is 7.78. The maximum absolute atomic E-state index is 12.2. The van der Waals surface area contributed by atoms with Crippen LogP contribution < -0.4 is 5.32 Å². The Kier molecular flexibility index (Phi) is 6.99. The highest BCUT2D eigenvalue weighted by Crippen LogP contribution is 2.12. The van der Waals surface area contributed by atoms with Gasteiger partial charge in [-0.2, -0.15) is 11.3 Å². The molecule has 0 saturated carbocycles. The summed E-state index contributed by atoms with van der Waals surface area (Å²) in [6, 6.07) is 9.35. The van der Waals surface area contributed by atoms with Crippen LogP contribution in [0.4, 0.5) is 0 Å². The molecule has 1 atom stereocenters. The molecule has 24 heavy (non-hydrogen) atoms. The molecule has 6 heteroatoms. The first-order valence-corrected chi connectivity index (χ1v) is 9.51. The third-order valence-electron chi connectivity index (χ3n) is 3.90. The van der Waals surface area contributed by atoms with E-state index >= 15 is 0 Å². The average Bonchev–Trinajstić information content (AvgIpc) is 3.07. The molecule has 0 aliphatic carbocycles. The van der Waals surface area contributed by atoms with Crippen molar-refractivity contribution < 1.29 is 9.59 Å². The quantitative estimate of drug-likeness (QED) is 0.758. The largest absolute Gasteiger partial charge is 0.352 e. The fraction of sp³-hybridized carbons (Fsp3) is 0.333. The molecule has 1 unspecified atom stereocenters. The minimum absolute atomic E-state index is 0.0360. The highest BCUT2D eigenvalue weighted by molar-refractivity contribution is 9.10. The highest BCUT2D eigenvalue weighted by atomic mass is 79.9. The monoisotopic (exact) mass is 408 g/mol. The number of thiophene rings is 1. The first-order chi connectivity index (χ1) is 11.5. The van der Waals surface area contributed by atoms with Crippen molar-refractivity contribution in [3.63, 3.8) is 0 Å². The summed E-state index contributed by atoms with van der Waals surface area (Å²) in [6.07, 6.45) is 1.14. The molecule has 0 aliphatic heterocycles. The van der Waals surface area contributed by atoms with Gasteiger partial charge >= 0.3 is 0 Å². The molecule has 1 aromatic heterocycles. The molecule has 0 aliphatic rings. The Morgan fingerprint density at radius 3 is 2.58 bits per heavy atom. The van der Waals surface area contributed by atoms with Crippen LogP contribution in [0.3, 0.4) is 0 Å². The Morgan fingerprint density at radius 1 is 1.25 bits per heavy atom. The van der Waals surface area contributed by atoms with Gasteiger partial charge in [0.1, 0.15) is 0 Å².